The molecule has 0 spiro atoms. The Balaban J connectivity index is 1.69. The lowest BCUT2D eigenvalue weighted by atomic mass is 9.82. The quantitative estimate of drug-likeness (QED) is 0.909. The first-order valence-electron chi connectivity index (χ1n) is 7.66. The van der Waals surface area contributed by atoms with Crippen LogP contribution in [0.4, 0.5) is 5.95 Å². The second-order valence-corrected chi connectivity index (χ2v) is 6.47. The SMILES string of the molecule is CC(C)n1ccnc1NC1CC2CCCC(C1)N2C. The minimum Gasteiger partial charge on any atom is -0.353 e. The largest absolute Gasteiger partial charge is 0.353 e. The van der Waals surface area contributed by atoms with Crippen LogP contribution in [0.3, 0.4) is 0 Å². The van der Waals surface area contributed by atoms with Crippen LogP contribution in [0.1, 0.15) is 52.0 Å². The van der Waals surface area contributed by atoms with Gasteiger partial charge in [-0.1, -0.05) is 6.42 Å². The van der Waals surface area contributed by atoms with Gasteiger partial charge in [0, 0.05) is 36.6 Å². The highest BCUT2D eigenvalue weighted by atomic mass is 15.2. The molecule has 0 saturated carbocycles. The fourth-order valence-electron chi connectivity index (χ4n) is 3.76. The lowest BCUT2D eigenvalue weighted by molar-refractivity contribution is 0.0606. The molecule has 2 saturated heterocycles. The second kappa shape index (κ2) is 5.16. The van der Waals surface area contributed by atoms with E-state index >= 15 is 0 Å². The van der Waals surface area contributed by atoms with Crippen molar-refractivity contribution < 1.29 is 0 Å². The molecule has 1 aromatic rings. The number of hydrogen-bond acceptors (Lipinski definition) is 3. The third kappa shape index (κ3) is 2.50. The Kier molecular flexibility index (Phi) is 3.52. The van der Waals surface area contributed by atoms with Crippen molar-refractivity contribution >= 4 is 5.95 Å². The number of nitrogens with one attached hydrogen (secondary N) is 1. The molecule has 4 heteroatoms. The molecule has 106 valence electrons. The highest BCUT2D eigenvalue weighted by molar-refractivity contribution is 5.29. The van der Waals surface area contributed by atoms with Gasteiger partial charge in [-0.2, -0.15) is 0 Å². The molecule has 0 amide bonds. The Morgan fingerprint density at radius 3 is 2.58 bits per heavy atom. The van der Waals surface area contributed by atoms with E-state index in [2.05, 4.69) is 46.9 Å². The summed E-state index contributed by atoms with van der Waals surface area (Å²) in [6.45, 7) is 4.41. The van der Waals surface area contributed by atoms with Gasteiger partial charge in [-0.25, -0.2) is 4.98 Å². The third-order valence-corrected chi connectivity index (χ3v) is 4.90. The number of fused-ring (bicyclic) bond motifs is 2. The van der Waals surface area contributed by atoms with Crippen LogP contribution >= 0.6 is 0 Å². The molecule has 2 aliphatic heterocycles. The van der Waals surface area contributed by atoms with E-state index in [-0.39, 0.29) is 0 Å². The van der Waals surface area contributed by atoms with E-state index in [1.165, 1.54) is 32.1 Å². The van der Waals surface area contributed by atoms with Crippen LogP contribution in [-0.4, -0.2) is 39.6 Å². The molecule has 19 heavy (non-hydrogen) atoms. The van der Waals surface area contributed by atoms with E-state index in [4.69, 9.17) is 0 Å². The van der Waals surface area contributed by atoms with Crippen LogP contribution in [-0.2, 0) is 0 Å². The summed E-state index contributed by atoms with van der Waals surface area (Å²) in [5.74, 6) is 1.04. The Morgan fingerprint density at radius 2 is 1.95 bits per heavy atom. The first kappa shape index (κ1) is 13.0. The highest BCUT2D eigenvalue weighted by Crippen LogP contribution is 2.33. The molecular weight excluding hydrogens is 236 g/mol. The highest BCUT2D eigenvalue weighted by Gasteiger charge is 2.36. The number of piperidine rings is 2. The first-order chi connectivity index (χ1) is 9.15. The monoisotopic (exact) mass is 262 g/mol. The maximum absolute atomic E-state index is 4.48. The van der Waals surface area contributed by atoms with Crippen LogP contribution in [0.2, 0.25) is 0 Å². The van der Waals surface area contributed by atoms with Crippen LogP contribution in [0.15, 0.2) is 12.4 Å². The van der Waals surface area contributed by atoms with Gasteiger partial charge in [-0.3, -0.25) is 0 Å². The summed E-state index contributed by atoms with van der Waals surface area (Å²) in [6.07, 6.45) is 10.6. The van der Waals surface area contributed by atoms with E-state index in [0.29, 0.717) is 12.1 Å². The van der Waals surface area contributed by atoms with Crippen LogP contribution in [0.5, 0.6) is 0 Å². The predicted octanol–water partition coefficient (Wildman–Crippen LogP) is 2.89. The Hall–Kier alpha value is -1.03. The Bertz CT molecular complexity index is 412. The zero-order valence-corrected chi connectivity index (χ0v) is 12.3. The van der Waals surface area contributed by atoms with Crippen molar-refractivity contribution in [3.63, 3.8) is 0 Å². The summed E-state index contributed by atoms with van der Waals surface area (Å²) in [6, 6.07) is 2.60. The topological polar surface area (TPSA) is 33.1 Å². The fourth-order valence-corrected chi connectivity index (χ4v) is 3.76. The summed E-state index contributed by atoms with van der Waals surface area (Å²) in [5, 5.41) is 3.69. The molecule has 3 heterocycles. The minimum atomic E-state index is 0.468. The minimum absolute atomic E-state index is 0.468. The summed E-state index contributed by atoms with van der Waals surface area (Å²) >= 11 is 0. The first-order valence-corrected chi connectivity index (χ1v) is 7.66. The Labute approximate surface area is 116 Å². The average molecular weight is 262 g/mol. The van der Waals surface area contributed by atoms with Gasteiger partial charge in [0.15, 0.2) is 0 Å². The Morgan fingerprint density at radius 1 is 1.26 bits per heavy atom. The molecule has 1 N–H and O–H groups in total. The van der Waals surface area contributed by atoms with E-state index in [9.17, 15) is 0 Å². The normalized spacial score (nSPS) is 31.7. The smallest absolute Gasteiger partial charge is 0.203 e. The molecule has 2 unspecified atom stereocenters. The van der Waals surface area contributed by atoms with Gasteiger partial charge in [0.2, 0.25) is 5.95 Å². The van der Waals surface area contributed by atoms with E-state index in [1.54, 1.807) is 0 Å². The van der Waals surface area contributed by atoms with Gasteiger partial charge in [0.25, 0.3) is 0 Å². The molecule has 2 fully saturated rings. The summed E-state index contributed by atoms with van der Waals surface area (Å²) < 4.78 is 2.23. The number of rotatable bonds is 3. The number of imidazole rings is 1. The molecule has 2 aliphatic rings. The third-order valence-electron chi connectivity index (χ3n) is 4.90. The van der Waals surface area contributed by atoms with Crippen molar-refractivity contribution in [3.05, 3.63) is 12.4 Å². The number of nitrogens with zero attached hydrogens (tertiary/aromatic N) is 3. The zero-order valence-electron chi connectivity index (χ0n) is 12.3. The molecule has 4 nitrogen and oxygen atoms in total. The predicted molar refractivity (Wildman–Crippen MR) is 78.4 cm³/mol. The molecule has 2 bridgehead atoms. The average Bonchev–Trinajstić information content (AvgIpc) is 2.78. The van der Waals surface area contributed by atoms with Gasteiger partial charge in [0.05, 0.1) is 0 Å². The molecule has 2 atom stereocenters. The second-order valence-electron chi connectivity index (χ2n) is 6.47. The van der Waals surface area contributed by atoms with E-state index < -0.39 is 0 Å². The fraction of sp³-hybridized carbons (Fsp3) is 0.800. The lowest BCUT2D eigenvalue weighted by Gasteiger charge is -2.47. The van der Waals surface area contributed by atoms with Crippen LogP contribution in [0.25, 0.3) is 0 Å². The van der Waals surface area contributed by atoms with Crippen LogP contribution < -0.4 is 5.32 Å². The number of anilines is 1. The van der Waals surface area contributed by atoms with E-state index in [1.807, 2.05) is 6.20 Å². The maximum Gasteiger partial charge on any atom is 0.203 e. The number of aromatic nitrogens is 2. The van der Waals surface area contributed by atoms with E-state index in [0.717, 1.165) is 18.0 Å². The molecule has 0 aromatic carbocycles. The van der Waals surface area contributed by atoms with Gasteiger partial charge in [-0.15, -0.1) is 0 Å². The van der Waals surface area contributed by atoms with Gasteiger partial charge < -0.3 is 14.8 Å². The molecular formula is C15H26N4. The molecule has 0 radical (unpaired) electrons. The van der Waals surface area contributed by atoms with Crippen molar-refractivity contribution in [2.45, 2.75) is 70.1 Å². The van der Waals surface area contributed by atoms with Gasteiger partial charge in [-0.05, 0) is 46.6 Å². The number of hydrogen-bond donors (Lipinski definition) is 1. The summed E-state index contributed by atoms with van der Waals surface area (Å²) in [4.78, 5) is 7.09. The molecule has 3 rings (SSSR count). The molecule has 0 aliphatic carbocycles. The zero-order chi connectivity index (χ0) is 13.4. The standard InChI is InChI=1S/C15H26N4/c1-11(2)19-8-7-16-15(19)17-12-9-13-5-4-6-14(10-12)18(13)3/h7-8,11-14H,4-6,9-10H2,1-3H3,(H,16,17). The molecule has 1 aromatic heterocycles. The maximum atomic E-state index is 4.48. The lowest BCUT2D eigenvalue weighted by Crippen LogP contribution is -2.53. The van der Waals surface area contributed by atoms with Crippen molar-refractivity contribution in [2.24, 2.45) is 0 Å². The van der Waals surface area contributed by atoms with Gasteiger partial charge >= 0.3 is 0 Å². The van der Waals surface area contributed by atoms with Crippen molar-refractivity contribution in [1.82, 2.24) is 14.5 Å². The van der Waals surface area contributed by atoms with Crippen molar-refractivity contribution in [1.29, 1.82) is 0 Å². The van der Waals surface area contributed by atoms with Gasteiger partial charge in [0.1, 0.15) is 0 Å². The summed E-state index contributed by atoms with van der Waals surface area (Å²) in [5.41, 5.74) is 0. The summed E-state index contributed by atoms with van der Waals surface area (Å²) in [7, 11) is 2.31. The van der Waals surface area contributed by atoms with Crippen molar-refractivity contribution in [2.75, 3.05) is 12.4 Å². The van der Waals surface area contributed by atoms with Crippen LogP contribution in [0, 0.1) is 0 Å². The van der Waals surface area contributed by atoms with Crippen molar-refractivity contribution in [3.8, 4) is 0 Å².